The average molecular weight is 924 g/mol. The average Bonchev–Trinajstić information content (AvgIpc) is 3.56. The maximum Gasteiger partial charge on any atom is 0.148 e. The molecule has 0 unspecified atom stereocenters. The van der Waals surface area contributed by atoms with Gasteiger partial charge in [0.15, 0.2) is 0 Å². The van der Waals surface area contributed by atoms with Gasteiger partial charge < -0.3 is 5.11 Å². The molecule has 0 atom stereocenters. The van der Waals surface area contributed by atoms with Crippen molar-refractivity contribution in [2.24, 2.45) is 0 Å². The number of aromatic nitrogens is 3. The predicted octanol–water partition coefficient (Wildman–Crippen LogP) is 13.6. The summed E-state index contributed by atoms with van der Waals surface area (Å²) in [6.07, 6.45) is 1.97. The number of aryl methyl sites for hydroxylation is 2. The Kier molecular flexibility index (Phi) is 9.49. The molecule has 0 aliphatic heterocycles. The summed E-state index contributed by atoms with van der Waals surface area (Å²) in [5.41, 5.74) is 12.5. The first-order chi connectivity index (χ1) is 26.8. The molecule has 2 aromatic heterocycles. The molecule has 0 saturated heterocycles. The maximum absolute atomic E-state index is 12.3. The van der Waals surface area contributed by atoms with E-state index >= 15 is 0 Å². The number of pyridine rings is 1. The van der Waals surface area contributed by atoms with Crippen molar-refractivity contribution in [3.05, 3.63) is 156 Å². The molecule has 5 heteroatoms. The van der Waals surface area contributed by atoms with Crippen LogP contribution in [-0.2, 0) is 31.9 Å². The number of nitrogens with zero attached hydrogens (tertiary/aromatic N) is 3. The number of phenols is 1. The second-order valence-corrected chi connectivity index (χ2v) is 17.3. The standard InChI is InChI=1S/C52H46N3O.Pt/c1-31-21-24-45(41(25-31)33-15-10-9-11-16-33)55-46-20-14-19-39(48(46)54-50(55)43-28-36(51(3,4)5)29-44(49(43)56)52(6,7)8)35-26-32(2)37-22-23-40-38-18-13-12-17-34(38)30-53-47(40)42(37)27-35;/h9-26,28-30,56H,1-8H3;/q-1;. The summed E-state index contributed by atoms with van der Waals surface area (Å²) in [4.78, 5) is 10.6. The topological polar surface area (TPSA) is 50.9 Å². The van der Waals surface area contributed by atoms with Gasteiger partial charge in [0.2, 0.25) is 0 Å². The van der Waals surface area contributed by atoms with Gasteiger partial charge in [-0.2, -0.15) is 0 Å². The molecule has 0 bridgehead atoms. The second-order valence-electron chi connectivity index (χ2n) is 17.3. The van der Waals surface area contributed by atoms with E-state index in [4.69, 9.17) is 9.97 Å². The zero-order chi connectivity index (χ0) is 39.1. The van der Waals surface area contributed by atoms with E-state index in [1.165, 1.54) is 10.9 Å². The third-order valence-corrected chi connectivity index (χ3v) is 11.3. The number of benzene rings is 7. The molecule has 0 amide bonds. The molecule has 0 saturated carbocycles. The molecule has 57 heavy (non-hydrogen) atoms. The number of aromatic hydroxyl groups is 1. The minimum absolute atomic E-state index is 0. The molecule has 4 nitrogen and oxygen atoms in total. The Bertz CT molecular complexity index is 3020. The summed E-state index contributed by atoms with van der Waals surface area (Å²) in [7, 11) is 0. The van der Waals surface area contributed by atoms with E-state index in [0.29, 0.717) is 11.4 Å². The minimum atomic E-state index is -0.305. The molecule has 0 spiro atoms. The van der Waals surface area contributed by atoms with Crippen molar-refractivity contribution in [1.29, 1.82) is 0 Å². The van der Waals surface area contributed by atoms with E-state index in [0.717, 1.165) is 82.7 Å². The Morgan fingerprint density at radius 1 is 0.632 bits per heavy atom. The van der Waals surface area contributed by atoms with Crippen molar-refractivity contribution in [2.75, 3.05) is 0 Å². The maximum atomic E-state index is 12.3. The van der Waals surface area contributed by atoms with Crippen LogP contribution in [0.3, 0.4) is 0 Å². The summed E-state index contributed by atoms with van der Waals surface area (Å²) in [6, 6.07) is 46.8. The third kappa shape index (κ3) is 6.54. The Morgan fingerprint density at radius 3 is 2.12 bits per heavy atom. The van der Waals surface area contributed by atoms with Gasteiger partial charge in [0.05, 0.1) is 22.3 Å². The van der Waals surface area contributed by atoms with Crippen LogP contribution in [0.25, 0.3) is 82.8 Å². The summed E-state index contributed by atoms with van der Waals surface area (Å²) in [6.45, 7) is 17.5. The Morgan fingerprint density at radius 2 is 1.37 bits per heavy atom. The van der Waals surface area contributed by atoms with E-state index in [2.05, 4.69) is 187 Å². The van der Waals surface area contributed by atoms with Crippen molar-refractivity contribution in [1.82, 2.24) is 14.5 Å². The number of rotatable bonds is 4. The zero-order valence-electron chi connectivity index (χ0n) is 33.7. The normalized spacial score (nSPS) is 12.1. The Balaban J connectivity index is 0.00000455. The number of imidazole rings is 1. The van der Waals surface area contributed by atoms with Crippen molar-refractivity contribution in [3.63, 3.8) is 0 Å². The molecule has 2 heterocycles. The molecule has 0 aliphatic carbocycles. The van der Waals surface area contributed by atoms with Crippen LogP contribution in [0.4, 0.5) is 0 Å². The van der Waals surface area contributed by atoms with E-state index in [-0.39, 0.29) is 37.6 Å². The SMILES string of the molecule is Cc1ccc(-n2c(-c3cc(C(C)(C)C)cc(C(C)(C)C)c3O)nc3c(-c4[c-]c5c(ccc6c7ccccc7cnc56)c(C)c4)cccc32)c(-c2ccccc2)c1.[Pt]. The van der Waals surface area contributed by atoms with Crippen molar-refractivity contribution in [3.8, 4) is 45.1 Å². The van der Waals surface area contributed by atoms with Crippen LogP contribution >= 0.6 is 0 Å². The number of para-hydroxylation sites is 1. The molecule has 7 aromatic carbocycles. The number of hydrogen-bond acceptors (Lipinski definition) is 3. The van der Waals surface area contributed by atoms with Crippen molar-refractivity contribution in [2.45, 2.75) is 66.2 Å². The summed E-state index contributed by atoms with van der Waals surface area (Å²) in [5, 5.41) is 17.9. The van der Waals surface area contributed by atoms with E-state index in [9.17, 15) is 5.11 Å². The van der Waals surface area contributed by atoms with Gasteiger partial charge in [0, 0.05) is 43.9 Å². The van der Waals surface area contributed by atoms with E-state index in [1.807, 2.05) is 6.20 Å². The second kappa shape index (κ2) is 14.1. The number of fused-ring (bicyclic) bond motifs is 6. The van der Waals surface area contributed by atoms with Gasteiger partial charge in [0.1, 0.15) is 11.6 Å². The van der Waals surface area contributed by atoms with E-state index in [1.54, 1.807) is 0 Å². The first-order valence-corrected chi connectivity index (χ1v) is 19.5. The fourth-order valence-corrected chi connectivity index (χ4v) is 8.24. The van der Waals surface area contributed by atoms with Gasteiger partial charge in [-0.1, -0.05) is 161 Å². The number of hydrogen-bond donors (Lipinski definition) is 1. The fraction of sp³-hybridized carbons (Fsp3) is 0.192. The predicted molar refractivity (Wildman–Crippen MR) is 235 cm³/mol. The Hall–Kier alpha value is -5.57. The number of phenolic OH excluding ortho intramolecular Hbond substituents is 1. The summed E-state index contributed by atoms with van der Waals surface area (Å²) in [5.74, 6) is 0.952. The van der Waals surface area contributed by atoms with Crippen LogP contribution in [0.5, 0.6) is 5.75 Å². The molecular formula is C52H46N3OPt-. The minimum Gasteiger partial charge on any atom is -0.507 e. The van der Waals surface area contributed by atoms with Crippen LogP contribution < -0.4 is 0 Å². The van der Waals surface area contributed by atoms with Gasteiger partial charge >= 0.3 is 0 Å². The molecule has 9 aromatic rings. The molecular weight excluding hydrogens is 878 g/mol. The quantitative estimate of drug-likeness (QED) is 0.141. The van der Waals surface area contributed by atoms with Gasteiger partial charge in [0.25, 0.3) is 0 Å². The first-order valence-electron chi connectivity index (χ1n) is 19.5. The van der Waals surface area contributed by atoms with E-state index < -0.39 is 0 Å². The third-order valence-electron chi connectivity index (χ3n) is 11.3. The molecule has 1 N–H and O–H groups in total. The molecule has 0 aliphatic rings. The zero-order valence-corrected chi connectivity index (χ0v) is 36.0. The largest absolute Gasteiger partial charge is 0.507 e. The van der Waals surface area contributed by atoms with Crippen LogP contribution in [-0.4, -0.2) is 19.6 Å². The molecule has 0 fully saturated rings. The van der Waals surface area contributed by atoms with Gasteiger partial charge in [-0.15, -0.1) is 23.3 Å². The first kappa shape index (κ1) is 38.3. The van der Waals surface area contributed by atoms with Crippen LogP contribution in [0.2, 0.25) is 0 Å². The van der Waals surface area contributed by atoms with Crippen molar-refractivity contribution >= 4 is 43.5 Å². The van der Waals surface area contributed by atoms with Gasteiger partial charge in [-0.05, 0) is 69.3 Å². The van der Waals surface area contributed by atoms with Gasteiger partial charge in [-0.3, -0.25) is 9.55 Å². The monoisotopic (exact) mass is 923 g/mol. The summed E-state index contributed by atoms with van der Waals surface area (Å²) < 4.78 is 2.26. The fourth-order valence-electron chi connectivity index (χ4n) is 8.24. The van der Waals surface area contributed by atoms with Gasteiger partial charge in [-0.25, -0.2) is 4.98 Å². The molecule has 286 valence electrons. The van der Waals surface area contributed by atoms with Crippen LogP contribution in [0, 0.1) is 19.9 Å². The molecule has 9 rings (SSSR count). The molecule has 0 radical (unpaired) electrons. The Labute approximate surface area is 349 Å². The van der Waals surface area contributed by atoms with Crippen LogP contribution in [0.1, 0.15) is 63.8 Å². The smallest absolute Gasteiger partial charge is 0.148 e. The summed E-state index contributed by atoms with van der Waals surface area (Å²) >= 11 is 0. The van der Waals surface area contributed by atoms with Crippen LogP contribution in [0.15, 0.2) is 128 Å². The van der Waals surface area contributed by atoms with Crippen molar-refractivity contribution < 1.29 is 26.2 Å².